The number of carbonyl (C=O) groups excluding carboxylic acids is 1. The van der Waals surface area contributed by atoms with Crippen molar-refractivity contribution in [3.63, 3.8) is 0 Å². The molecule has 3 aromatic rings. The SMILES string of the molecule is O=C(NCC1CNC1)c1cc(-c2ccc(F)cc2)nc2ccccc12. The minimum absolute atomic E-state index is 0.103. The molecular weight excluding hydrogens is 317 g/mol. The van der Waals surface area contributed by atoms with Gasteiger partial charge in [-0.1, -0.05) is 18.2 Å². The van der Waals surface area contributed by atoms with E-state index in [0.717, 1.165) is 29.6 Å². The van der Waals surface area contributed by atoms with E-state index in [9.17, 15) is 9.18 Å². The van der Waals surface area contributed by atoms with Crippen LogP contribution >= 0.6 is 0 Å². The summed E-state index contributed by atoms with van der Waals surface area (Å²) in [6, 6.07) is 15.5. The van der Waals surface area contributed by atoms with Crippen molar-refractivity contribution in [2.45, 2.75) is 0 Å². The lowest BCUT2D eigenvalue weighted by Gasteiger charge is -2.27. The Labute approximate surface area is 145 Å². The van der Waals surface area contributed by atoms with Crippen molar-refractivity contribution in [1.82, 2.24) is 15.6 Å². The van der Waals surface area contributed by atoms with Gasteiger partial charge in [0.2, 0.25) is 0 Å². The highest BCUT2D eigenvalue weighted by Gasteiger charge is 2.19. The highest BCUT2D eigenvalue weighted by molar-refractivity contribution is 6.07. The van der Waals surface area contributed by atoms with Crippen molar-refractivity contribution < 1.29 is 9.18 Å². The second kappa shape index (κ2) is 6.61. The smallest absolute Gasteiger partial charge is 0.252 e. The number of rotatable bonds is 4. The van der Waals surface area contributed by atoms with Gasteiger partial charge >= 0.3 is 0 Å². The number of halogens is 1. The molecule has 2 N–H and O–H groups in total. The first-order chi connectivity index (χ1) is 12.2. The zero-order valence-electron chi connectivity index (χ0n) is 13.6. The molecule has 1 saturated heterocycles. The Bertz CT molecular complexity index is 920. The van der Waals surface area contributed by atoms with Crippen LogP contribution in [-0.4, -0.2) is 30.5 Å². The van der Waals surface area contributed by atoms with Crippen LogP contribution < -0.4 is 10.6 Å². The molecule has 1 fully saturated rings. The third kappa shape index (κ3) is 3.23. The molecule has 126 valence electrons. The highest BCUT2D eigenvalue weighted by atomic mass is 19.1. The second-order valence-electron chi connectivity index (χ2n) is 6.31. The number of hydrogen-bond acceptors (Lipinski definition) is 3. The molecule has 1 aromatic heterocycles. The number of aromatic nitrogens is 1. The number of amides is 1. The summed E-state index contributed by atoms with van der Waals surface area (Å²) >= 11 is 0. The van der Waals surface area contributed by atoms with E-state index in [0.29, 0.717) is 23.7 Å². The fourth-order valence-electron chi connectivity index (χ4n) is 2.96. The molecule has 2 heterocycles. The van der Waals surface area contributed by atoms with Gasteiger partial charge in [-0.2, -0.15) is 0 Å². The van der Waals surface area contributed by atoms with E-state index >= 15 is 0 Å². The van der Waals surface area contributed by atoms with Crippen molar-refractivity contribution in [1.29, 1.82) is 0 Å². The van der Waals surface area contributed by atoms with Gasteiger partial charge in [0.1, 0.15) is 5.82 Å². The monoisotopic (exact) mass is 335 g/mol. The van der Waals surface area contributed by atoms with Gasteiger partial charge in [-0.05, 0) is 36.4 Å². The average molecular weight is 335 g/mol. The zero-order chi connectivity index (χ0) is 17.2. The Balaban J connectivity index is 1.72. The summed E-state index contributed by atoms with van der Waals surface area (Å²) in [5.41, 5.74) is 2.79. The normalized spacial score (nSPS) is 14.3. The molecule has 0 unspecified atom stereocenters. The third-order valence-corrected chi connectivity index (χ3v) is 4.52. The first-order valence-corrected chi connectivity index (χ1v) is 8.35. The summed E-state index contributed by atoms with van der Waals surface area (Å²) in [6.07, 6.45) is 0. The Kier molecular flexibility index (Phi) is 4.15. The van der Waals surface area contributed by atoms with E-state index in [1.807, 2.05) is 24.3 Å². The van der Waals surface area contributed by atoms with Crippen molar-refractivity contribution in [2.75, 3.05) is 19.6 Å². The number of para-hydroxylation sites is 1. The largest absolute Gasteiger partial charge is 0.352 e. The van der Waals surface area contributed by atoms with Crippen LogP contribution in [-0.2, 0) is 0 Å². The van der Waals surface area contributed by atoms with Crippen LogP contribution in [0.5, 0.6) is 0 Å². The van der Waals surface area contributed by atoms with E-state index in [1.165, 1.54) is 12.1 Å². The summed E-state index contributed by atoms with van der Waals surface area (Å²) in [6.45, 7) is 2.55. The van der Waals surface area contributed by atoms with Gasteiger partial charge in [0.15, 0.2) is 0 Å². The first kappa shape index (κ1) is 15.7. The van der Waals surface area contributed by atoms with Gasteiger partial charge in [0.05, 0.1) is 16.8 Å². The van der Waals surface area contributed by atoms with E-state index in [-0.39, 0.29) is 11.7 Å². The summed E-state index contributed by atoms with van der Waals surface area (Å²) in [4.78, 5) is 17.3. The second-order valence-corrected chi connectivity index (χ2v) is 6.31. The molecule has 2 aromatic carbocycles. The van der Waals surface area contributed by atoms with Crippen molar-refractivity contribution in [3.8, 4) is 11.3 Å². The van der Waals surface area contributed by atoms with Crippen LogP contribution in [0.2, 0.25) is 0 Å². The van der Waals surface area contributed by atoms with Gasteiger partial charge < -0.3 is 10.6 Å². The predicted molar refractivity (Wildman–Crippen MR) is 95.8 cm³/mol. The molecule has 0 bridgehead atoms. The summed E-state index contributed by atoms with van der Waals surface area (Å²) in [5, 5.41) is 7.03. The van der Waals surface area contributed by atoms with E-state index in [4.69, 9.17) is 0 Å². The first-order valence-electron chi connectivity index (χ1n) is 8.35. The number of hydrogen-bond donors (Lipinski definition) is 2. The van der Waals surface area contributed by atoms with E-state index in [1.54, 1.807) is 18.2 Å². The standard InChI is InChI=1S/C20H18FN3O/c21-15-7-5-14(6-8-15)19-9-17(16-3-1-2-4-18(16)24-19)20(25)23-12-13-10-22-11-13/h1-9,13,22H,10-12H2,(H,23,25). The molecule has 1 aliphatic heterocycles. The maximum atomic E-state index is 13.2. The van der Waals surface area contributed by atoms with Crippen LogP contribution in [0.4, 0.5) is 4.39 Å². The van der Waals surface area contributed by atoms with Gasteiger partial charge in [-0.3, -0.25) is 4.79 Å². The van der Waals surface area contributed by atoms with Gasteiger partial charge in [0, 0.05) is 36.5 Å². The van der Waals surface area contributed by atoms with Gasteiger partial charge in [0.25, 0.3) is 5.91 Å². The highest BCUT2D eigenvalue weighted by Crippen LogP contribution is 2.25. The lowest BCUT2D eigenvalue weighted by atomic mass is 10.0. The van der Waals surface area contributed by atoms with E-state index in [2.05, 4.69) is 15.6 Å². The minimum Gasteiger partial charge on any atom is -0.352 e. The molecule has 1 amide bonds. The zero-order valence-corrected chi connectivity index (χ0v) is 13.6. The number of carbonyl (C=O) groups is 1. The van der Waals surface area contributed by atoms with Crippen molar-refractivity contribution in [3.05, 3.63) is 66.0 Å². The summed E-state index contributed by atoms with van der Waals surface area (Å²) in [5.74, 6) is 0.0964. The maximum absolute atomic E-state index is 13.2. The Hall–Kier alpha value is -2.79. The lowest BCUT2D eigenvalue weighted by molar-refractivity contribution is 0.0944. The number of benzene rings is 2. The van der Waals surface area contributed by atoms with Crippen LogP contribution in [0.25, 0.3) is 22.2 Å². The fourth-order valence-corrected chi connectivity index (χ4v) is 2.96. The molecule has 0 saturated carbocycles. The molecule has 0 radical (unpaired) electrons. The molecule has 4 rings (SSSR count). The summed E-state index contributed by atoms with van der Waals surface area (Å²) in [7, 11) is 0. The molecule has 0 aliphatic carbocycles. The van der Waals surface area contributed by atoms with Gasteiger partial charge in [-0.25, -0.2) is 9.37 Å². The lowest BCUT2D eigenvalue weighted by Crippen LogP contribution is -2.48. The van der Waals surface area contributed by atoms with Crippen LogP contribution in [0.1, 0.15) is 10.4 Å². The minimum atomic E-state index is -0.295. The van der Waals surface area contributed by atoms with Crippen LogP contribution in [0.3, 0.4) is 0 Å². The van der Waals surface area contributed by atoms with Crippen LogP contribution in [0, 0.1) is 11.7 Å². The topological polar surface area (TPSA) is 54.0 Å². The van der Waals surface area contributed by atoms with Gasteiger partial charge in [-0.15, -0.1) is 0 Å². The molecule has 1 aliphatic rings. The van der Waals surface area contributed by atoms with Crippen molar-refractivity contribution in [2.24, 2.45) is 5.92 Å². The number of nitrogens with zero attached hydrogens (tertiary/aromatic N) is 1. The summed E-state index contributed by atoms with van der Waals surface area (Å²) < 4.78 is 13.2. The quantitative estimate of drug-likeness (QED) is 0.771. The molecule has 0 spiro atoms. The third-order valence-electron chi connectivity index (χ3n) is 4.52. The molecule has 4 nitrogen and oxygen atoms in total. The van der Waals surface area contributed by atoms with Crippen LogP contribution in [0.15, 0.2) is 54.6 Å². The fraction of sp³-hybridized carbons (Fsp3) is 0.200. The maximum Gasteiger partial charge on any atom is 0.252 e. The van der Waals surface area contributed by atoms with Crippen molar-refractivity contribution >= 4 is 16.8 Å². The predicted octanol–water partition coefficient (Wildman–Crippen LogP) is 2.99. The Morgan fingerprint density at radius 3 is 2.64 bits per heavy atom. The number of pyridine rings is 1. The molecular formula is C20H18FN3O. The van der Waals surface area contributed by atoms with E-state index < -0.39 is 0 Å². The molecule has 5 heteroatoms. The number of nitrogens with one attached hydrogen (secondary N) is 2. The Morgan fingerprint density at radius 1 is 1.16 bits per heavy atom. The Morgan fingerprint density at radius 2 is 1.92 bits per heavy atom. The number of fused-ring (bicyclic) bond motifs is 1. The average Bonchev–Trinajstić information content (AvgIpc) is 2.60. The molecule has 25 heavy (non-hydrogen) atoms. The molecule has 0 atom stereocenters.